The fraction of sp³-hybridized carbons (Fsp3) is 0.0714. The maximum atomic E-state index is 12.8. The van der Waals surface area contributed by atoms with Crippen molar-refractivity contribution in [3.63, 3.8) is 0 Å². The molecule has 0 heterocycles. The van der Waals surface area contributed by atoms with Crippen LogP contribution in [0.25, 0.3) is 0 Å². The standard InChI is InChI=1S/C14H9BrCl2FNO/c15-11-6-9(16)7-12(17)14(11)19-13(20)5-8-1-3-10(18)4-2-8/h1-4,6-7H,5H2,(H,19,20). The van der Waals surface area contributed by atoms with Gasteiger partial charge in [0.2, 0.25) is 5.91 Å². The van der Waals surface area contributed by atoms with E-state index in [1.54, 1.807) is 24.3 Å². The Hall–Kier alpha value is -1.10. The third-order valence-electron chi connectivity index (χ3n) is 2.55. The van der Waals surface area contributed by atoms with E-state index in [0.717, 1.165) is 0 Å². The van der Waals surface area contributed by atoms with Gasteiger partial charge in [-0.05, 0) is 45.8 Å². The number of benzene rings is 2. The Morgan fingerprint density at radius 1 is 1.20 bits per heavy atom. The lowest BCUT2D eigenvalue weighted by Gasteiger charge is -2.10. The molecule has 0 saturated carbocycles. The first kappa shape index (κ1) is 15.3. The van der Waals surface area contributed by atoms with Crippen molar-refractivity contribution >= 4 is 50.7 Å². The van der Waals surface area contributed by atoms with Crippen LogP contribution in [0.4, 0.5) is 10.1 Å². The highest BCUT2D eigenvalue weighted by Crippen LogP contribution is 2.33. The maximum absolute atomic E-state index is 12.8. The average Bonchev–Trinajstić information content (AvgIpc) is 2.36. The molecule has 2 aromatic carbocycles. The van der Waals surface area contributed by atoms with Gasteiger partial charge in [-0.15, -0.1) is 0 Å². The average molecular weight is 377 g/mol. The molecule has 0 unspecified atom stereocenters. The first-order chi connectivity index (χ1) is 9.45. The zero-order valence-electron chi connectivity index (χ0n) is 10.1. The number of rotatable bonds is 3. The minimum Gasteiger partial charge on any atom is -0.324 e. The topological polar surface area (TPSA) is 29.1 Å². The van der Waals surface area contributed by atoms with Gasteiger partial charge in [-0.1, -0.05) is 35.3 Å². The van der Waals surface area contributed by atoms with Crippen molar-refractivity contribution in [2.75, 3.05) is 5.32 Å². The van der Waals surface area contributed by atoms with Gasteiger partial charge in [0, 0.05) is 9.50 Å². The van der Waals surface area contributed by atoms with E-state index in [2.05, 4.69) is 21.2 Å². The number of amides is 1. The van der Waals surface area contributed by atoms with Crippen molar-refractivity contribution in [1.29, 1.82) is 0 Å². The number of halogens is 4. The molecule has 0 aliphatic carbocycles. The predicted octanol–water partition coefficient (Wildman–Crippen LogP) is 5.08. The molecule has 0 saturated heterocycles. The summed E-state index contributed by atoms with van der Waals surface area (Å²) in [6.07, 6.45) is 0.131. The summed E-state index contributed by atoms with van der Waals surface area (Å²) in [4.78, 5) is 11.9. The zero-order chi connectivity index (χ0) is 14.7. The fourth-order valence-corrected chi connectivity index (χ4v) is 2.98. The molecule has 6 heteroatoms. The van der Waals surface area contributed by atoms with Gasteiger partial charge < -0.3 is 5.32 Å². The molecule has 2 nitrogen and oxygen atoms in total. The Bertz CT molecular complexity index is 623. The number of hydrogen-bond acceptors (Lipinski definition) is 1. The summed E-state index contributed by atoms with van der Waals surface area (Å²) in [5.41, 5.74) is 1.17. The van der Waals surface area contributed by atoms with Crippen LogP contribution in [0.3, 0.4) is 0 Å². The lowest BCUT2D eigenvalue weighted by molar-refractivity contribution is -0.115. The quantitative estimate of drug-likeness (QED) is 0.795. The molecule has 0 aliphatic heterocycles. The molecule has 2 aromatic rings. The van der Waals surface area contributed by atoms with Gasteiger partial charge in [-0.25, -0.2) is 4.39 Å². The Kier molecular flexibility index (Phi) is 5.02. The van der Waals surface area contributed by atoms with Crippen molar-refractivity contribution < 1.29 is 9.18 Å². The molecule has 0 bridgehead atoms. The molecule has 0 aromatic heterocycles. The summed E-state index contributed by atoms with van der Waals surface area (Å²) >= 11 is 15.2. The van der Waals surface area contributed by atoms with Crippen molar-refractivity contribution in [3.05, 3.63) is 62.3 Å². The van der Waals surface area contributed by atoms with Crippen LogP contribution < -0.4 is 5.32 Å². The van der Waals surface area contributed by atoms with E-state index in [-0.39, 0.29) is 18.1 Å². The van der Waals surface area contributed by atoms with Gasteiger partial charge in [0.25, 0.3) is 0 Å². The summed E-state index contributed by atoms with van der Waals surface area (Å²) in [6.45, 7) is 0. The van der Waals surface area contributed by atoms with Crippen LogP contribution in [-0.4, -0.2) is 5.91 Å². The Balaban J connectivity index is 2.10. The molecule has 1 amide bonds. The van der Waals surface area contributed by atoms with Crippen LogP contribution >= 0.6 is 39.1 Å². The van der Waals surface area contributed by atoms with Crippen molar-refractivity contribution in [2.24, 2.45) is 0 Å². The van der Waals surface area contributed by atoms with E-state index in [9.17, 15) is 9.18 Å². The fourth-order valence-electron chi connectivity index (χ4n) is 1.63. The van der Waals surface area contributed by atoms with Gasteiger partial charge >= 0.3 is 0 Å². The molecule has 0 aliphatic rings. The molecule has 104 valence electrons. The van der Waals surface area contributed by atoms with Crippen molar-refractivity contribution in [2.45, 2.75) is 6.42 Å². The predicted molar refractivity (Wildman–Crippen MR) is 82.9 cm³/mol. The lowest BCUT2D eigenvalue weighted by Crippen LogP contribution is -2.15. The summed E-state index contributed by atoms with van der Waals surface area (Å²) in [6, 6.07) is 8.94. The minimum atomic E-state index is -0.336. The molecule has 0 atom stereocenters. The first-order valence-electron chi connectivity index (χ1n) is 5.64. The maximum Gasteiger partial charge on any atom is 0.228 e. The van der Waals surface area contributed by atoms with Crippen LogP contribution in [0.2, 0.25) is 10.0 Å². The van der Waals surface area contributed by atoms with Crippen LogP contribution in [0.1, 0.15) is 5.56 Å². The molecule has 2 rings (SSSR count). The van der Waals surface area contributed by atoms with E-state index in [1.165, 1.54) is 12.1 Å². The Morgan fingerprint density at radius 3 is 2.45 bits per heavy atom. The number of nitrogens with one attached hydrogen (secondary N) is 1. The molecule has 0 fully saturated rings. The highest BCUT2D eigenvalue weighted by molar-refractivity contribution is 9.10. The molecule has 20 heavy (non-hydrogen) atoms. The molecule has 0 radical (unpaired) electrons. The van der Waals surface area contributed by atoms with Crippen LogP contribution in [0.15, 0.2) is 40.9 Å². The first-order valence-corrected chi connectivity index (χ1v) is 7.19. The number of anilines is 1. The normalized spacial score (nSPS) is 10.4. The second-order valence-electron chi connectivity index (χ2n) is 4.10. The molecular weight excluding hydrogens is 368 g/mol. The van der Waals surface area contributed by atoms with E-state index in [1.807, 2.05) is 0 Å². The van der Waals surface area contributed by atoms with Gasteiger partial charge in [-0.2, -0.15) is 0 Å². The van der Waals surface area contributed by atoms with Gasteiger partial charge in [0.05, 0.1) is 17.1 Å². The van der Waals surface area contributed by atoms with E-state index >= 15 is 0 Å². The summed E-state index contributed by atoms with van der Waals surface area (Å²) in [5, 5.41) is 3.51. The number of carbonyl (C=O) groups excluding carboxylic acids is 1. The summed E-state index contributed by atoms with van der Waals surface area (Å²) in [7, 11) is 0. The minimum absolute atomic E-state index is 0.131. The number of carbonyl (C=O) groups is 1. The summed E-state index contributed by atoms with van der Waals surface area (Å²) in [5.74, 6) is -0.584. The largest absolute Gasteiger partial charge is 0.324 e. The monoisotopic (exact) mass is 375 g/mol. The van der Waals surface area contributed by atoms with Gasteiger partial charge in [-0.3, -0.25) is 4.79 Å². The van der Waals surface area contributed by atoms with Crippen LogP contribution in [-0.2, 0) is 11.2 Å². The third-order valence-corrected chi connectivity index (χ3v) is 3.69. The van der Waals surface area contributed by atoms with Gasteiger partial charge in [0.15, 0.2) is 0 Å². The number of hydrogen-bond donors (Lipinski definition) is 1. The van der Waals surface area contributed by atoms with E-state index in [0.29, 0.717) is 25.8 Å². The second-order valence-corrected chi connectivity index (χ2v) is 5.79. The van der Waals surface area contributed by atoms with Crippen molar-refractivity contribution in [1.82, 2.24) is 0 Å². The Labute approximate surface area is 134 Å². The molecule has 1 N–H and O–H groups in total. The second kappa shape index (κ2) is 6.57. The highest BCUT2D eigenvalue weighted by atomic mass is 79.9. The summed E-state index contributed by atoms with van der Waals surface area (Å²) < 4.78 is 13.4. The lowest BCUT2D eigenvalue weighted by atomic mass is 10.1. The smallest absolute Gasteiger partial charge is 0.228 e. The zero-order valence-corrected chi connectivity index (χ0v) is 13.2. The highest BCUT2D eigenvalue weighted by Gasteiger charge is 2.11. The van der Waals surface area contributed by atoms with E-state index in [4.69, 9.17) is 23.2 Å². The van der Waals surface area contributed by atoms with Crippen LogP contribution in [0, 0.1) is 5.82 Å². The molecule has 0 spiro atoms. The SMILES string of the molecule is O=C(Cc1ccc(F)cc1)Nc1c(Cl)cc(Cl)cc1Br. The third kappa shape index (κ3) is 3.95. The van der Waals surface area contributed by atoms with Gasteiger partial charge in [0.1, 0.15) is 5.82 Å². The van der Waals surface area contributed by atoms with Crippen LogP contribution in [0.5, 0.6) is 0 Å². The van der Waals surface area contributed by atoms with Crippen molar-refractivity contribution in [3.8, 4) is 0 Å². The van der Waals surface area contributed by atoms with E-state index < -0.39 is 0 Å². The Morgan fingerprint density at radius 2 is 1.85 bits per heavy atom. The molecular formula is C14H9BrCl2FNO.